The maximum Gasteiger partial charge on any atom is 0.272 e. The summed E-state index contributed by atoms with van der Waals surface area (Å²) in [6.07, 6.45) is 1.56. The van der Waals surface area contributed by atoms with E-state index in [1.165, 1.54) is 24.9 Å². The Hall–Kier alpha value is -4.04. The van der Waals surface area contributed by atoms with Crippen LogP contribution in [0, 0.1) is 0 Å². The van der Waals surface area contributed by atoms with E-state index in [-0.39, 0.29) is 17.2 Å². The first-order chi connectivity index (χ1) is 19.3. The smallest absolute Gasteiger partial charge is 0.272 e. The summed E-state index contributed by atoms with van der Waals surface area (Å²) < 4.78 is 5.41. The van der Waals surface area contributed by atoms with Crippen molar-refractivity contribution in [3.05, 3.63) is 129 Å². The molecule has 6 nitrogen and oxygen atoms in total. The number of carbonyl (C=O) groups is 3. The van der Waals surface area contributed by atoms with Crippen LogP contribution in [0.4, 0.5) is 5.69 Å². The molecule has 0 bridgehead atoms. The minimum absolute atomic E-state index is 0.0315. The van der Waals surface area contributed by atoms with Gasteiger partial charge in [-0.05, 0) is 60.7 Å². The number of benzene rings is 4. The lowest BCUT2D eigenvalue weighted by Gasteiger charge is -2.13. The van der Waals surface area contributed by atoms with Gasteiger partial charge in [-0.2, -0.15) is 0 Å². The van der Waals surface area contributed by atoms with Gasteiger partial charge in [0.25, 0.3) is 11.8 Å². The number of carbonyl (C=O) groups excluding carboxylic acids is 3. The largest absolute Gasteiger partial charge is 0.496 e. The lowest BCUT2D eigenvalue weighted by Crippen LogP contribution is -2.30. The van der Waals surface area contributed by atoms with Crippen LogP contribution < -0.4 is 15.4 Å². The average molecular weight is 592 g/mol. The van der Waals surface area contributed by atoms with Crippen molar-refractivity contribution in [2.24, 2.45) is 0 Å². The first-order valence-corrected chi connectivity index (χ1v) is 13.8. The number of Topliss-reactive ketones (excluding diaryl/α,β-unsaturated/α-hetero) is 1. The third kappa shape index (κ3) is 7.76. The molecule has 4 aromatic carbocycles. The van der Waals surface area contributed by atoms with E-state index in [0.29, 0.717) is 38.2 Å². The van der Waals surface area contributed by atoms with E-state index in [0.717, 1.165) is 4.90 Å². The third-order valence-electron chi connectivity index (χ3n) is 5.66. The predicted molar refractivity (Wildman–Crippen MR) is 161 cm³/mol. The van der Waals surface area contributed by atoms with Gasteiger partial charge >= 0.3 is 0 Å². The van der Waals surface area contributed by atoms with Crippen LogP contribution in [0.15, 0.2) is 108 Å². The number of anilines is 1. The van der Waals surface area contributed by atoms with Crippen LogP contribution in [0.5, 0.6) is 5.75 Å². The Morgan fingerprint density at radius 2 is 1.62 bits per heavy atom. The van der Waals surface area contributed by atoms with Crippen molar-refractivity contribution in [1.82, 2.24) is 5.32 Å². The maximum absolute atomic E-state index is 13.4. The van der Waals surface area contributed by atoms with Crippen LogP contribution in [0.1, 0.15) is 26.3 Å². The van der Waals surface area contributed by atoms with Gasteiger partial charge in [0, 0.05) is 32.3 Å². The Labute approximate surface area is 246 Å². The average Bonchev–Trinajstić information content (AvgIpc) is 2.96. The number of amides is 2. The Morgan fingerprint density at radius 3 is 2.38 bits per heavy atom. The summed E-state index contributed by atoms with van der Waals surface area (Å²) in [4.78, 5) is 39.7. The lowest BCUT2D eigenvalue weighted by atomic mass is 10.1. The molecule has 0 spiro atoms. The van der Waals surface area contributed by atoms with E-state index in [4.69, 9.17) is 27.9 Å². The first-order valence-electron chi connectivity index (χ1n) is 12.1. The van der Waals surface area contributed by atoms with Crippen LogP contribution in [0.3, 0.4) is 0 Å². The molecule has 0 heterocycles. The van der Waals surface area contributed by atoms with Gasteiger partial charge < -0.3 is 15.4 Å². The zero-order valence-corrected chi connectivity index (χ0v) is 23.6. The molecule has 0 radical (unpaired) electrons. The van der Waals surface area contributed by atoms with Gasteiger partial charge in [-0.25, -0.2) is 0 Å². The number of rotatable bonds is 10. The predicted octanol–water partition coefficient (Wildman–Crippen LogP) is 7.39. The zero-order valence-electron chi connectivity index (χ0n) is 21.3. The minimum atomic E-state index is -0.527. The van der Waals surface area contributed by atoms with E-state index >= 15 is 0 Å². The summed E-state index contributed by atoms with van der Waals surface area (Å²) in [6, 6.07) is 27.6. The number of methoxy groups -OCH3 is 1. The Morgan fingerprint density at radius 1 is 0.875 bits per heavy atom. The van der Waals surface area contributed by atoms with Crippen molar-refractivity contribution in [1.29, 1.82) is 0 Å². The molecular formula is C31H24Cl2N2O4S. The number of hydrogen-bond acceptors (Lipinski definition) is 5. The highest BCUT2D eigenvalue weighted by molar-refractivity contribution is 8.00. The molecular weight excluding hydrogens is 567 g/mol. The molecule has 0 fully saturated rings. The zero-order chi connectivity index (χ0) is 28.5. The minimum Gasteiger partial charge on any atom is -0.496 e. The van der Waals surface area contributed by atoms with E-state index in [9.17, 15) is 14.4 Å². The van der Waals surface area contributed by atoms with Gasteiger partial charge in [-0.15, -0.1) is 11.8 Å². The standard InChI is InChI=1S/C31H24Cl2N2O4S/c1-39-29-13-6-5-10-21(29)16-27(35-30(37)20-8-3-2-4-9-20)31(38)34-23-11-7-12-24(18-23)40-19-28(36)25-15-14-22(32)17-26(25)33/h2-18H,19H2,1H3,(H,34,38)(H,35,37)/b27-16-. The number of ketones is 1. The van der Waals surface area contributed by atoms with Crippen molar-refractivity contribution in [2.45, 2.75) is 4.90 Å². The molecule has 0 aliphatic rings. The fraction of sp³-hybridized carbons (Fsp3) is 0.0645. The van der Waals surface area contributed by atoms with Gasteiger partial charge in [-0.3, -0.25) is 14.4 Å². The highest BCUT2D eigenvalue weighted by Gasteiger charge is 2.17. The summed E-state index contributed by atoms with van der Waals surface area (Å²) in [5.41, 5.74) is 1.94. The molecule has 9 heteroatoms. The normalized spacial score (nSPS) is 11.0. The monoisotopic (exact) mass is 590 g/mol. The molecule has 0 aliphatic carbocycles. The molecule has 2 amide bonds. The molecule has 4 rings (SSSR count). The third-order valence-corrected chi connectivity index (χ3v) is 7.20. The van der Waals surface area contributed by atoms with E-state index < -0.39 is 11.8 Å². The number of hydrogen-bond donors (Lipinski definition) is 2. The number of para-hydroxylation sites is 1. The highest BCUT2D eigenvalue weighted by atomic mass is 35.5. The van der Waals surface area contributed by atoms with Gasteiger partial charge in [-0.1, -0.05) is 65.7 Å². The van der Waals surface area contributed by atoms with Crippen LogP contribution in [-0.4, -0.2) is 30.5 Å². The molecule has 0 atom stereocenters. The second kappa shape index (κ2) is 13.8. The number of thioether (sulfide) groups is 1. The van der Waals surface area contributed by atoms with Crippen molar-refractivity contribution >= 4 is 64.3 Å². The number of nitrogens with one attached hydrogen (secondary N) is 2. The molecule has 0 saturated carbocycles. The fourth-order valence-corrected chi connectivity index (χ4v) is 5.04. The molecule has 202 valence electrons. The van der Waals surface area contributed by atoms with Crippen molar-refractivity contribution in [3.63, 3.8) is 0 Å². The number of halogens is 2. The molecule has 0 saturated heterocycles. The summed E-state index contributed by atoms with van der Waals surface area (Å²) in [5, 5.41) is 6.31. The van der Waals surface area contributed by atoms with Crippen LogP contribution in [-0.2, 0) is 4.79 Å². The van der Waals surface area contributed by atoms with E-state index in [1.54, 1.807) is 78.9 Å². The Balaban J connectivity index is 1.52. The van der Waals surface area contributed by atoms with Crippen LogP contribution in [0.2, 0.25) is 10.0 Å². The van der Waals surface area contributed by atoms with Gasteiger partial charge in [0.15, 0.2) is 5.78 Å². The van der Waals surface area contributed by atoms with Crippen molar-refractivity contribution in [3.8, 4) is 5.75 Å². The maximum atomic E-state index is 13.4. The topological polar surface area (TPSA) is 84.5 Å². The van der Waals surface area contributed by atoms with Crippen LogP contribution >= 0.6 is 35.0 Å². The molecule has 0 unspecified atom stereocenters. The Bertz CT molecular complexity index is 1570. The van der Waals surface area contributed by atoms with Crippen molar-refractivity contribution in [2.75, 3.05) is 18.2 Å². The van der Waals surface area contributed by atoms with E-state index in [1.807, 2.05) is 18.2 Å². The molecule has 0 aromatic heterocycles. The molecule has 4 aromatic rings. The summed E-state index contributed by atoms with van der Waals surface area (Å²) >= 11 is 13.4. The molecule has 0 aliphatic heterocycles. The lowest BCUT2D eigenvalue weighted by molar-refractivity contribution is -0.113. The second-order valence-electron chi connectivity index (χ2n) is 8.44. The summed E-state index contributed by atoms with van der Waals surface area (Å²) in [6.45, 7) is 0. The molecule has 2 N–H and O–H groups in total. The van der Waals surface area contributed by atoms with E-state index in [2.05, 4.69) is 10.6 Å². The van der Waals surface area contributed by atoms with Gasteiger partial charge in [0.2, 0.25) is 0 Å². The van der Waals surface area contributed by atoms with Gasteiger partial charge in [0.1, 0.15) is 11.4 Å². The Kier molecular flexibility index (Phi) is 10.0. The van der Waals surface area contributed by atoms with Gasteiger partial charge in [0.05, 0.1) is 17.9 Å². The first kappa shape index (κ1) is 29.0. The van der Waals surface area contributed by atoms with Crippen molar-refractivity contribution < 1.29 is 19.1 Å². The number of ether oxygens (including phenoxy) is 1. The van der Waals surface area contributed by atoms with Crippen LogP contribution in [0.25, 0.3) is 6.08 Å². The fourth-order valence-electron chi connectivity index (χ4n) is 3.69. The molecule has 40 heavy (non-hydrogen) atoms. The highest BCUT2D eigenvalue weighted by Crippen LogP contribution is 2.27. The SMILES string of the molecule is COc1ccccc1/C=C(\NC(=O)c1ccccc1)C(=O)Nc1cccc(SCC(=O)c2ccc(Cl)cc2Cl)c1. The second-order valence-corrected chi connectivity index (χ2v) is 10.3. The summed E-state index contributed by atoms with van der Waals surface area (Å²) in [7, 11) is 1.53. The quantitative estimate of drug-likeness (QED) is 0.114. The summed E-state index contributed by atoms with van der Waals surface area (Å²) in [5.74, 6) is -0.413.